The van der Waals surface area contributed by atoms with Gasteiger partial charge in [0.1, 0.15) is 0 Å². The normalized spacial score (nSPS) is 27.1. The molecule has 0 radical (unpaired) electrons. The van der Waals surface area contributed by atoms with E-state index < -0.39 is 0 Å². The van der Waals surface area contributed by atoms with Gasteiger partial charge in [-0.15, -0.1) is 0 Å². The predicted molar refractivity (Wildman–Crippen MR) is 61.6 cm³/mol. The summed E-state index contributed by atoms with van der Waals surface area (Å²) in [5.41, 5.74) is 5.26. The first-order chi connectivity index (χ1) is 7.54. The third-order valence-corrected chi connectivity index (χ3v) is 3.25. The molecule has 5 heteroatoms. The smallest absolute Gasteiger partial charge is 0.236 e. The lowest BCUT2D eigenvalue weighted by Gasteiger charge is -2.29. The fraction of sp³-hybridized carbons (Fsp3) is 0.818. The summed E-state index contributed by atoms with van der Waals surface area (Å²) in [6.45, 7) is 1.85. The van der Waals surface area contributed by atoms with Crippen molar-refractivity contribution < 1.29 is 9.59 Å². The van der Waals surface area contributed by atoms with Crippen LogP contribution in [0.4, 0.5) is 0 Å². The lowest BCUT2D eigenvalue weighted by molar-refractivity contribution is -0.124. The monoisotopic (exact) mass is 227 g/mol. The molecule has 1 unspecified atom stereocenters. The number of rotatable bonds is 4. The van der Waals surface area contributed by atoms with Gasteiger partial charge in [-0.3, -0.25) is 9.59 Å². The van der Waals surface area contributed by atoms with Crippen molar-refractivity contribution in [1.29, 1.82) is 0 Å². The minimum atomic E-state index is -0.196. The Labute approximate surface area is 96.1 Å². The molecule has 1 atom stereocenters. The van der Waals surface area contributed by atoms with Gasteiger partial charge in [-0.25, -0.2) is 0 Å². The second-order valence-corrected chi connectivity index (χ2v) is 4.45. The van der Waals surface area contributed by atoms with Crippen molar-refractivity contribution in [1.82, 2.24) is 10.6 Å². The highest BCUT2D eigenvalue weighted by molar-refractivity contribution is 5.81. The zero-order chi connectivity index (χ0) is 12.1. The fourth-order valence-corrected chi connectivity index (χ4v) is 2.19. The SMILES string of the molecule is CNC(=O)C(C)NC1CCC(C(N)=O)CC1. The Bertz CT molecular complexity index is 260. The highest BCUT2D eigenvalue weighted by Gasteiger charge is 2.26. The van der Waals surface area contributed by atoms with Gasteiger partial charge in [0, 0.05) is 19.0 Å². The number of nitrogens with one attached hydrogen (secondary N) is 2. The van der Waals surface area contributed by atoms with Crippen LogP contribution in [0, 0.1) is 5.92 Å². The molecule has 0 aromatic rings. The molecule has 0 aromatic carbocycles. The molecule has 1 aliphatic carbocycles. The average Bonchev–Trinajstić information content (AvgIpc) is 2.28. The van der Waals surface area contributed by atoms with E-state index in [-0.39, 0.29) is 23.8 Å². The van der Waals surface area contributed by atoms with Gasteiger partial charge in [0.05, 0.1) is 6.04 Å². The Morgan fingerprint density at radius 1 is 1.25 bits per heavy atom. The molecular weight excluding hydrogens is 206 g/mol. The molecule has 0 saturated heterocycles. The summed E-state index contributed by atoms with van der Waals surface area (Å²) in [6, 6.07) is 0.142. The third kappa shape index (κ3) is 3.48. The molecule has 1 rings (SSSR count). The van der Waals surface area contributed by atoms with Gasteiger partial charge in [-0.2, -0.15) is 0 Å². The second kappa shape index (κ2) is 5.84. The maximum Gasteiger partial charge on any atom is 0.236 e. The van der Waals surface area contributed by atoms with Crippen LogP contribution in [-0.4, -0.2) is 30.9 Å². The van der Waals surface area contributed by atoms with Crippen LogP contribution < -0.4 is 16.4 Å². The lowest BCUT2D eigenvalue weighted by atomic mass is 9.85. The van der Waals surface area contributed by atoms with Crippen molar-refractivity contribution >= 4 is 11.8 Å². The molecule has 4 N–H and O–H groups in total. The maximum atomic E-state index is 11.3. The van der Waals surface area contributed by atoms with Crippen molar-refractivity contribution in [3.05, 3.63) is 0 Å². The van der Waals surface area contributed by atoms with E-state index in [1.807, 2.05) is 6.92 Å². The van der Waals surface area contributed by atoms with Crippen LogP contribution >= 0.6 is 0 Å². The number of hydrogen-bond acceptors (Lipinski definition) is 3. The molecule has 1 aliphatic rings. The molecule has 0 aromatic heterocycles. The molecule has 0 heterocycles. The van der Waals surface area contributed by atoms with Gasteiger partial charge in [-0.1, -0.05) is 0 Å². The van der Waals surface area contributed by atoms with Crippen LogP contribution in [0.5, 0.6) is 0 Å². The molecule has 2 amide bonds. The van der Waals surface area contributed by atoms with Crippen molar-refractivity contribution in [2.75, 3.05) is 7.05 Å². The Hall–Kier alpha value is -1.10. The van der Waals surface area contributed by atoms with Crippen LogP contribution in [0.15, 0.2) is 0 Å². The average molecular weight is 227 g/mol. The van der Waals surface area contributed by atoms with Crippen molar-refractivity contribution in [3.8, 4) is 0 Å². The fourth-order valence-electron chi connectivity index (χ4n) is 2.19. The summed E-state index contributed by atoms with van der Waals surface area (Å²) in [6.07, 6.45) is 3.48. The molecule has 1 fully saturated rings. The number of likely N-dealkylation sites (N-methyl/N-ethyl adjacent to an activating group) is 1. The van der Waals surface area contributed by atoms with E-state index in [0.29, 0.717) is 6.04 Å². The zero-order valence-electron chi connectivity index (χ0n) is 9.95. The Morgan fingerprint density at radius 3 is 2.25 bits per heavy atom. The van der Waals surface area contributed by atoms with E-state index in [4.69, 9.17) is 5.73 Å². The number of carbonyl (C=O) groups is 2. The topological polar surface area (TPSA) is 84.2 Å². The highest BCUT2D eigenvalue weighted by atomic mass is 16.2. The molecule has 0 aliphatic heterocycles. The van der Waals surface area contributed by atoms with E-state index in [0.717, 1.165) is 25.7 Å². The quantitative estimate of drug-likeness (QED) is 0.619. The molecule has 1 saturated carbocycles. The van der Waals surface area contributed by atoms with Gasteiger partial charge >= 0.3 is 0 Å². The van der Waals surface area contributed by atoms with Crippen LogP contribution in [0.2, 0.25) is 0 Å². The Balaban J connectivity index is 2.32. The van der Waals surface area contributed by atoms with Crippen molar-refractivity contribution in [3.63, 3.8) is 0 Å². The van der Waals surface area contributed by atoms with E-state index in [2.05, 4.69) is 10.6 Å². The van der Waals surface area contributed by atoms with E-state index in [1.165, 1.54) is 0 Å². The van der Waals surface area contributed by atoms with Gasteiger partial charge in [-0.05, 0) is 32.6 Å². The highest BCUT2D eigenvalue weighted by Crippen LogP contribution is 2.24. The summed E-state index contributed by atoms with van der Waals surface area (Å²) in [4.78, 5) is 22.3. The minimum absolute atomic E-state index is 0.00275. The predicted octanol–water partition coefficient (Wildman–Crippen LogP) is -0.245. The first kappa shape index (κ1) is 13.0. The Kier molecular flexibility index (Phi) is 4.73. The van der Waals surface area contributed by atoms with Crippen LogP contribution in [-0.2, 0) is 9.59 Å². The number of hydrogen-bond donors (Lipinski definition) is 3. The largest absolute Gasteiger partial charge is 0.369 e. The molecular formula is C11H21N3O2. The van der Waals surface area contributed by atoms with Crippen LogP contribution in [0.3, 0.4) is 0 Å². The minimum Gasteiger partial charge on any atom is -0.369 e. The summed E-state index contributed by atoms with van der Waals surface area (Å²) < 4.78 is 0. The van der Waals surface area contributed by atoms with Gasteiger partial charge in [0.15, 0.2) is 0 Å². The van der Waals surface area contributed by atoms with Gasteiger partial charge in [0.25, 0.3) is 0 Å². The second-order valence-electron chi connectivity index (χ2n) is 4.45. The summed E-state index contributed by atoms with van der Waals surface area (Å²) in [7, 11) is 1.63. The van der Waals surface area contributed by atoms with Crippen LogP contribution in [0.25, 0.3) is 0 Å². The molecule has 16 heavy (non-hydrogen) atoms. The lowest BCUT2D eigenvalue weighted by Crippen LogP contribution is -2.47. The molecule has 92 valence electrons. The first-order valence-corrected chi connectivity index (χ1v) is 5.81. The number of carbonyl (C=O) groups excluding carboxylic acids is 2. The summed E-state index contributed by atoms with van der Waals surface area (Å²) in [5, 5.41) is 5.87. The van der Waals surface area contributed by atoms with E-state index in [9.17, 15) is 9.59 Å². The zero-order valence-corrected chi connectivity index (χ0v) is 9.95. The first-order valence-electron chi connectivity index (χ1n) is 5.81. The third-order valence-electron chi connectivity index (χ3n) is 3.25. The summed E-state index contributed by atoms with van der Waals surface area (Å²) >= 11 is 0. The summed E-state index contributed by atoms with van der Waals surface area (Å²) in [5.74, 6) is -0.178. The standard InChI is InChI=1S/C11H21N3O2/c1-7(11(16)13-2)14-9-5-3-8(4-6-9)10(12)15/h7-9,14H,3-6H2,1-2H3,(H2,12,15)(H,13,16). The number of primary amides is 1. The maximum absolute atomic E-state index is 11.3. The Morgan fingerprint density at radius 2 is 1.81 bits per heavy atom. The van der Waals surface area contributed by atoms with Gasteiger partial charge in [0.2, 0.25) is 11.8 Å². The van der Waals surface area contributed by atoms with E-state index in [1.54, 1.807) is 7.05 Å². The van der Waals surface area contributed by atoms with Crippen molar-refractivity contribution in [2.24, 2.45) is 11.7 Å². The number of nitrogens with two attached hydrogens (primary N) is 1. The molecule has 0 spiro atoms. The molecule has 5 nitrogen and oxygen atoms in total. The van der Waals surface area contributed by atoms with Crippen molar-refractivity contribution in [2.45, 2.75) is 44.7 Å². The van der Waals surface area contributed by atoms with Gasteiger partial charge < -0.3 is 16.4 Å². The van der Waals surface area contributed by atoms with Crippen LogP contribution in [0.1, 0.15) is 32.6 Å². The van der Waals surface area contributed by atoms with E-state index >= 15 is 0 Å². The number of amides is 2. The molecule has 0 bridgehead atoms.